The van der Waals surface area contributed by atoms with Crippen molar-refractivity contribution in [3.63, 3.8) is 0 Å². The molecule has 2 aliphatic rings. The third-order valence-electron chi connectivity index (χ3n) is 4.36. The minimum atomic E-state index is -0.157. The number of nitrogens with zero attached hydrogens (tertiary/aromatic N) is 2. The first-order valence-corrected chi connectivity index (χ1v) is 9.01. The summed E-state index contributed by atoms with van der Waals surface area (Å²) in [5.74, 6) is 2.36. The van der Waals surface area contributed by atoms with Crippen LogP contribution in [0.15, 0.2) is 24.3 Å². The fraction of sp³-hybridized carbons (Fsp3) is 0.625. The summed E-state index contributed by atoms with van der Waals surface area (Å²) in [4.78, 5) is 4.91. The van der Waals surface area contributed by atoms with E-state index in [4.69, 9.17) is 0 Å². The van der Waals surface area contributed by atoms with E-state index in [2.05, 4.69) is 26.9 Å². The molecule has 1 aromatic rings. The van der Waals surface area contributed by atoms with E-state index < -0.39 is 0 Å². The van der Waals surface area contributed by atoms with Gasteiger partial charge in [0.15, 0.2) is 0 Å². The second kappa shape index (κ2) is 7.47. The second-order valence-corrected chi connectivity index (χ2v) is 6.97. The largest absolute Gasteiger partial charge is 0.369 e. The van der Waals surface area contributed by atoms with Crippen molar-refractivity contribution in [3.8, 4) is 0 Å². The third kappa shape index (κ3) is 4.34. The summed E-state index contributed by atoms with van der Waals surface area (Å²) in [6.07, 6.45) is 1.25. The van der Waals surface area contributed by atoms with Crippen LogP contribution in [0.25, 0.3) is 0 Å². The molecule has 0 spiro atoms. The van der Waals surface area contributed by atoms with Gasteiger partial charge in [0.2, 0.25) is 0 Å². The number of hydrogen-bond acceptors (Lipinski definition) is 4. The van der Waals surface area contributed by atoms with Crippen LogP contribution in [0.3, 0.4) is 0 Å². The number of nitrogens with one attached hydrogen (secondary N) is 1. The molecule has 2 heterocycles. The molecule has 3 rings (SSSR count). The minimum absolute atomic E-state index is 0.157. The maximum Gasteiger partial charge on any atom is 0.123 e. The third-order valence-corrected chi connectivity index (χ3v) is 5.49. The first-order chi connectivity index (χ1) is 10.3. The van der Waals surface area contributed by atoms with Gasteiger partial charge < -0.3 is 10.2 Å². The Morgan fingerprint density at radius 1 is 1.14 bits per heavy atom. The number of benzene rings is 1. The average Bonchev–Trinajstić information content (AvgIpc) is 2.55. The molecule has 21 heavy (non-hydrogen) atoms. The van der Waals surface area contributed by atoms with Gasteiger partial charge >= 0.3 is 0 Å². The Morgan fingerprint density at radius 2 is 1.90 bits per heavy atom. The normalized spacial score (nSPS) is 24.2. The predicted octanol–water partition coefficient (Wildman–Crippen LogP) is 2.04. The highest BCUT2D eigenvalue weighted by molar-refractivity contribution is 7.99. The van der Waals surface area contributed by atoms with Crippen molar-refractivity contribution in [2.45, 2.75) is 12.5 Å². The summed E-state index contributed by atoms with van der Waals surface area (Å²) in [6.45, 7) is 6.65. The maximum absolute atomic E-state index is 13.0. The molecule has 0 radical (unpaired) electrons. The van der Waals surface area contributed by atoms with Crippen molar-refractivity contribution in [1.29, 1.82) is 0 Å². The lowest BCUT2D eigenvalue weighted by atomic mass is 10.2. The topological polar surface area (TPSA) is 18.5 Å². The summed E-state index contributed by atoms with van der Waals surface area (Å²) < 4.78 is 13.0. The highest BCUT2D eigenvalue weighted by Gasteiger charge is 2.19. The molecular weight excluding hydrogens is 285 g/mol. The standard InChI is InChI=1S/C16H24FN3S/c17-14-1-3-16(4-2-14)20-10-8-19(9-11-20)7-5-15-13-21-12-6-18-15/h1-4,15,18H,5-13H2. The number of piperazine rings is 1. The van der Waals surface area contributed by atoms with Crippen LogP contribution in [0.5, 0.6) is 0 Å². The molecule has 1 unspecified atom stereocenters. The number of halogens is 1. The Hall–Kier alpha value is -0.780. The van der Waals surface area contributed by atoms with Crippen LogP contribution >= 0.6 is 11.8 Å². The molecule has 2 saturated heterocycles. The zero-order valence-corrected chi connectivity index (χ0v) is 13.2. The number of hydrogen-bond donors (Lipinski definition) is 1. The van der Waals surface area contributed by atoms with Gasteiger partial charge in [0, 0.05) is 56.0 Å². The molecule has 2 fully saturated rings. The molecule has 116 valence electrons. The van der Waals surface area contributed by atoms with Crippen molar-refractivity contribution in [2.24, 2.45) is 0 Å². The molecule has 3 nitrogen and oxygen atoms in total. The molecule has 0 amide bonds. The van der Waals surface area contributed by atoms with Gasteiger partial charge in [0.1, 0.15) is 5.82 Å². The van der Waals surface area contributed by atoms with E-state index in [1.807, 2.05) is 12.1 Å². The van der Waals surface area contributed by atoms with Crippen LogP contribution in [0.2, 0.25) is 0 Å². The van der Waals surface area contributed by atoms with E-state index in [1.54, 1.807) is 12.1 Å². The van der Waals surface area contributed by atoms with Gasteiger partial charge in [0.25, 0.3) is 0 Å². The minimum Gasteiger partial charge on any atom is -0.369 e. The molecule has 0 aromatic heterocycles. The van der Waals surface area contributed by atoms with E-state index >= 15 is 0 Å². The zero-order valence-electron chi connectivity index (χ0n) is 12.4. The van der Waals surface area contributed by atoms with Crippen LogP contribution in [0.1, 0.15) is 6.42 Å². The molecule has 0 saturated carbocycles. The van der Waals surface area contributed by atoms with Gasteiger partial charge in [-0.25, -0.2) is 4.39 Å². The Balaban J connectivity index is 1.41. The zero-order chi connectivity index (χ0) is 14.5. The van der Waals surface area contributed by atoms with Crippen molar-refractivity contribution in [2.75, 3.05) is 55.7 Å². The highest BCUT2D eigenvalue weighted by atomic mass is 32.2. The van der Waals surface area contributed by atoms with Crippen LogP contribution in [-0.4, -0.2) is 61.7 Å². The Morgan fingerprint density at radius 3 is 2.57 bits per heavy atom. The van der Waals surface area contributed by atoms with Crippen LogP contribution < -0.4 is 10.2 Å². The van der Waals surface area contributed by atoms with Crippen LogP contribution in [0.4, 0.5) is 10.1 Å². The molecule has 2 aliphatic heterocycles. The Kier molecular flexibility index (Phi) is 5.38. The lowest BCUT2D eigenvalue weighted by molar-refractivity contribution is 0.245. The van der Waals surface area contributed by atoms with Crippen molar-refractivity contribution >= 4 is 17.4 Å². The maximum atomic E-state index is 13.0. The van der Waals surface area contributed by atoms with Gasteiger partial charge in [-0.05, 0) is 37.2 Å². The molecule has 0 aliphatic carbocycles. The average molecular weight is 309 g/mol. The van der Waals surface area contributed by atoms with E-state index in [0.29, 0.717) is 6.04 Å². The summed E-state index contributed by atoms with van der Waals surface area (Å²) >= 11 is 2.07. The summed E-state index contributed by atoms with van der Waals surface area (Å²) in [5, 5.41) is 3.61. The molecule has 0 bridgehead atoms. The molecular formula is C16H24FN3S. The molecule has 5 heteroatoms. The van der Waals surface area contributed by atoms with E-state index in [9.17, 15) is 4.39 Å². The quantitative estimate of drug-likeness (QED) is 0.917. The monoisotopic (exact) mass is 309 g/mol. The lowest BCUT2D eigenvalue weighted by Gasteiger charge is -2.37. The van der Waals surface area contributed by atoms with Crippen LogP contribution in [0, 0.1) is 5.82 Å². The van der Waals surface area contributed by atoms with E-state index in [0.717, 1.165) is 38.4 Å². The molecule has 1 atom stereocenters. The highest BCUT2D eigenvalue weighted by Crippen LogP contribution is 2.17. The molecule has 1 N–H and O–H groups in total. The summed E-state index contributed by atoms with van der Waals surface area (Å²) in [6, 6.07) is 7.56. The smallest absolute Gasteiger partial charge is 0.123 e. The first kappa shape index (κ1) is 15.1. The fourth-order valence-electron chi connectivity index (χ4n) is 3.03. The van der Waals surface area contributed by atoms with E-state index in [-0.39, 0.29) is 5.82 Å². The Labute approximate surface area is 130 Å². The van der Waals surface area contributed by atoms with Gasteiger partial charge in [-0.1, -0.05) is 0 Å². The van der Waals surface area contributed by atoms with E-state index in [1.165, 1.54) is 24.5 Å². The number of rotatable bonds is 4. The van der Waals surface area contributed by atoms with Gasteiger partial charge in [-0.3, -0.25) is 4.90 Å². The molecule has 1 aromatic carbocycles. The Bertz CT molecular complexity index is 426. The first-order valence-electron chi connectivity index (χ1n) is 7.85. The van der Waals surface area contributed by atoms with Crippen molar-refractivity contribution in [3.05, 3.63) is 30.1 Å². The summed E-state index contributed by atoms with van der Waals surface area (Å²) in [5.41, 5.74) is 1.14. The van der Waals surface area contributed by atoms with Crippen molar-refractivity contribution < 1.29 is 4.39 Å². The second-order valence-electron chi connectivity index (χ2n) is 5.82. The van der Waals surface area contributed by atoms with Gasteiger partial charge in [-0.15, -0.1) is 0 Å². The van der Waals surface area contributed by atoms with Crippen molar-refractivity contribution in [1.82, 2.24) is 10.2 Å². The SMILES string of the molecule is Fc1ccc(N2CCN(CCC3CSCCN3)CC2)cc1. The number of thioether (sulfide) groups is 1. The summed E-state index contributed by atoms with van der Waals surface area (Å²) in [7, 11) is 0. The number of anilines is 1. The predicted molar refractivity (Wildman–Crippen MR) is 88.8 cm³/mol. The van der Waals surface area contributed by atoms with Crippen LogP contribution in [-0.2, 0) is 0 Å². The van der Waals surface area contributed by atoms with Gasteiger partial charge in [-0.2, -0.15) is 11.8 Å². The lowest BCUT2D eigenvalue weighted by Crippen LogP contribution is -2.48. The fourth-order valence-corrected chi connectivity index (χ4v) is 4.02. The van der Waals surface area contributed by atoms with Gasteiger partial charge in [0.05, 0.1) is 0 Å².